The van der Waals surface area contributed by atoms with E-state index in [2.05, 4.69) is 0 Å². The molecule has 0 saturated carbocycles. The first-order valence-corrected chi connectivity index (χ1v) is 12.0. The predicted octanol–water partition coefficient (Wildman–Crippen LogP) is 6.16. The van der Waals surface area contributed by atoms with Gasteiger partial charge >= 0.3 is 5.97 Å². The van der Waals surface area contributed by atoms with Crippen molar-refractivity contribution in [3.05, 3.63) is 120 Å². The van der Waals surface area contributed by atoms with Crippen molar-refractivity contribution in [3.8, 4) is 11.1 Å². The van der Waals surface area contributed by atoms with Gasteiger partial charge in [0.25, 0.3) is 0 Å². The van der Waals surface area contributed by atoms with E-state index in [1.165, 1.54) is 4.31 Å². The summed E-state index contributed by atoms with van der Waals surface area (Å²) in [5.74, 6) is -0.945. The molecule has 4 aromatic rings. The molecule has 172 valence electrons. The number of hydrogen-bond acceptors (Lipinski definition) is 3. The van der Waals surface area contributed by atoms with Crippen molar-refractivity contribution < 1.29 is 18.7 Å². The van der Waals surface area contributed by atoms with Gasteiger partial charge in [0.1, 0.15) is 0 Å². The average Bonchev–Trinajstić information content (AvgIpc) is 2.86. The zero-order chi connectivity index (χ0) is 23.9. The summed E-state index contributed by atoms with van der Waals surface area (Å²) in [4.78, 5) is 11.2. The van der Waals surface area contributed by atoms with Gasteiger partial charge in [-0.25, -0.2) is 4.79 Å². The van der Waals surface area contributed by atoms with Crippen LogP contribution in [0.15, 0.2) is 103 Å². The number of para-hydroxylation sites is 1. The van der Waals surface area contributed by atoms with Gasteiger partial charge in [-0.1, -0.05) is 72.8 Å². The quantitative estimate of drug-likeness (QED) is 0.297. The average molecular weight is 471 g/mol. The molecule has 0 amide bonds. The zero-order valence-electron chi connectivity index (χ0n) is 18.5. The van der Waals surface area contributed by atoms with Crippen LogP contribution in [0.3, 0.4) is 0 Å². The van der Waals surface area contributed by atoms with E-state index in [0.717, 1.165) is 28.7 Å². The lowest BCUT2D eigenvalue weighted by atomic mass is 10.0. The van der Waals surface area contributed by atoms with Gasteiger partial charge in [0.15, 0.2) is 0 Å². The maximum atomic E-state index is 12.3. The molecule has 0 heterocycles. The lowest BCUT2D eigenvalue weighted by Gasteiger charge is -2.28. The van der Waals surface area contributed by atoms with Crippen LogP contribution in [-0.4, -0.2) is 19.8 Å². The van der Waals surface area contributed by atoms with Crippen LogP contribution in [0, 0.1) is 0 Å². The van der Waals surface area contributed by atoms with E-state index in [9.17, 15) is 18.7 Å². The number of rotatable bonds is 9. The molecule has 1 atom stereocenters. The Hall–Kier alpha value is -3.74. The molecule has 34 heavy (non-hydrogen) atoms. The highest BCUT2D eigenvalue weighted by Crippen LogP contribution is 2.32. The maximum Gasteiger partial charge on any atom is 0.335 e. The van der Waals surface area contributed by atoms with E-state index >= 15 is 0 Å². The van der Waals surface area contributed by atoms with E-state index < -0.39 is 17.2 Å². The van der Waals surface area contributed by atoms with Crippen molar-refractivity contribution in [3.63, 3.8) is 0 Å². The molecule has 6 heteroatoms. The topological polar surface area (TPSA) is 80.7 Å². The highest BCUT2D eigenvalue weighted by Gasteiger charge is 2.15. The fraction of sp³-hybridized carbons (Fsp3) is 0.107. The van der Waals surface area contributed by atoms with E-state index in [0.29, 0.717) is 24.2 Å². The largest absolute Gasteiger partial charge is 0.755 e. The van der Waals surface area contributed by atoms with Crippen LogP contribution in [0.2, 0.25) is 0 Å². The van der Waals surface area contributed by atoms with Gasteiger partial charge in [0.2, 0.25) is 0 Å². The number of aromatic carboxylic acids is 1. The number of carboxylic acids is 1. The third-order valence-electron chi connectivity index (χ3n) is 5.65. The van der Waals surface area contributed by atoms with Crippen molar-refractivity contribution in [1.29, 1.82) is 0 Å². The van der Waals surface area contributed by atoms with E-state index in [1.54, 1.807) is 24.3 Å². The molecule has 5 nitrogen and oxygen atoms in total. The predicted molar refractivity (Wildman–Crippen MR) is 135 cm³/mol. The molecular formula is C28H24NO4S-. The second-order valence-corrected chi connectivity index (χ2v) is 8.71. The lowest BCUT2D eigenvalue weighted by Crippen LogP contribution is -2.20. The summed E-state index contributed by atoms with van der Waals surface area (Å²) in [7, 11) is 0. The van der Waals surface area contributed by atoms with Crippen molar-refractivity contribution in [1.82, 2.24) is 0 Å². The van der Waals surface area contributed by atoms with Crippen molar-refractivity contribution in [2.24, 2.45) is 0 Å². The monoisotopic (exact) mass is 470 g/mol. The number of carboxylic acid groups (broad SMARTS) is 1. The second-order valence-electron chi connectivity index (χ2n) is 7.91. The number of aryl methyl sites for hydroxylation is 2. The summed E-state index contributed by atoms with van der Waals surface area (Å²) in [5.41, 5.74) is 5.38. The Morgan fingerprint density at radius 2 is 1.47 bits per heavy atom. The van der Waals surface area contributed by atoms with Crippen molar-refractivity contribution in [2.45, 2.75) is 19.3 Å². The van der Waals surface area contributed by atoms with Crippen LogP contribution in [0.25, 0.3) is 11.1 Å². The minimum absolute atomic E-state index is 0.268. The lowest BCUT2D eigenvalue weighted by molar-refractivity contribution is 0.0696. The zero-order valence-corrected chi connectivity index (χ0v) is 19.3. The molecule has 1 N–H and O–H groups in total. The first kappa shape index (κ1) is 23.4. The maximum absolute atomic E-state index is 12.3. The minimum atomic E-state index is -2.50. The Morgan fingerprint density at radius 3 is 2.18 bits per heavy atom. The molecule has 0 saturated heterocycles. The summed E-state index contributed by atoms with van der Waals surface area (Å²) in [6.07, 6.45) is 2.11. The normalized spacial score (nSPS) is 11.7. The smallest absolute Gasteiger partial charge is 0.335 e. The SMILES string of the molecule is O=C(O)c1cccc(CCCc2ccccc2N(c2ccc(-c3ccccc3)cc2)S(=O)[O-])c1. The molecule has 1 unspecified atom stereocenters. The van der Waals surface area contributed by atoms with E-state index in [4.69, 9.17) is 0 Å². The Labute approximate surface area is 201 Å². The third kappa shape index (κ3) is 5.60. The van der Waals surface area contributed by atoms with Crippen LogP contribution >= 0.6 is 0 Å². The van der Waals surface area contributed by atoms with Gasteiger partial charge in [-0.05, 0) is 71.8 Å². The summed E-state index contributed by atoms with van der Waals surface area (Å²) in [6.45, 7) is 0. The Morgan fingerprint density at radius 1 is 0.794 bits per heavy atom. The molecule has 4 rings (SSSR count). The van der Waals surface area contributed by atoms with E-state index in [1.807, 2.05) is 78.9 Å². The number of nitrogens with zero attached hydrogens (tertiary/aromatic N) is 1. The van der Waals surface area contributed by atoms with Gasteiger partial charge in [0.05, 0.1) is 28.2 Å². The van der Waals surface area contributed by atoms with Crippen LogP contribution in [0.5, 0.6) is 0 Å². The van der Waals surface area contributed by atoms with Gasteiger partial charge in [0, 0.05) is 0 Å². The minimum Gasteiger partial charge on any atom is -0.755 e. The second kappa shape index (κ2) is 10.9. The van der Waals surface area contributed by atoms with Crippen LogP contribution in [-0.2, 0) is 24.1 Å². The summed E-state index contributed by atoms with van der Waals surface area (Å²) in [5, 5.41) is 9.19. The Balaban J connectivity index is 1.54. The van der Waals surface area contributed by atoms with Crippen LogP contribution in [0.4, 0.5) is 11.4 Å². The third-order valence-corrected chi connectivity index (χ3v) is 6.36. The molecular weight excluding hydrogens is 446 g/mol. The Bertz CT molecular complexity index is 1290. The summed E-state index contributed by atoms with van der Waals surface area (Å²) >= 11 is -2.50. The molecule has 0 spiro atoms. The summed E-state index contributed by atoms with van der Waals surface area (Å²) in [6, 6.07) is 31.8. The van der Waals surface area contributed by atoms with Gasteiger partial charge in [-0.3, -0.25) is 8.51 Å². The molecule has 0 aliphatic rings. The number of hydrogen-bond donors (Lipinski definition) is 1. The fourth-order valence-corrected chi connectivity index (χ4v) is 4.62. The highest BCUT2D eigenvalue weighted by molar-refractivity contribution is 7.81. The molecule has 0 fully saturated rings. The fourth-order valence-electron chi connectivity index (χ4n) is 3.99. The molecule has 0 radical (unpaired) electrons. The van der Waals surface area contributed by atoms with E-state index in [-0.39, 0.29) is 5.56 Å². The molecule has 0 bridgehead atoms. The first-order chi connectivity index (χ1) is 16.5. The van der Waals surface area contributed by atoms with Gasteiger partial charge < -0.3 is 9.66 Å². The molecule has 0 aliphatic heterocycles. The van der Waals surface area contributed by atoms with Crippen molar-refractivity contribution in [2.75, 3.05) is 4.31 Å². The van der Waals surface area contributed by atoms with Crippen LogP contribution < -0.4 is 4.31 Å². The molecule has 4 aromatic carbocycles. The van der Waals surface area contributed by atoms with Crippen LogP contribution in [0.1, 0.15) is 27.9 Å². The first-order valence-electron chi connectivity index (χ1n) is 11.0. The van der Waals surface area contributed by atoms with Gasteiger partial charge in [-0.15, -0.1) is 0 Å². The highest BCUT2D eigenvalue weighted by atomic mass is 32.2. The number of anilines is 2. The number of carbonyl (C=O) groups is 1. The summed E-state index contributed by atoms with van der Waals surface area (Å²) < 4.78 is 25.9. The molecule has 0 aliphatic carbocycles. The Kier molecular flexibility index (Phi) is 7.52. The molecule has 0 aromatic heterocycles. The standard InChI is InChI=1S/C28H25NO4S/c30-28(31)25-14-7-9-21(20-25)8-6-13-24-12-4-5-15-27(24)29(34(32)33)26-18-16-23(17-19-26)22-10-2-1-3-11-22/h1-5,7,9-12,14-20H,6,8,13H2,(H,30,31)(H,32,33)/p-1. The number of benzene rings is 4. The van der Waals surface area contributed by atoms with Gasteiger partial charge in [-0.2, -0.15) is 0 Å². The van der Waals surface area contributed by atoms with Crippen molar-refractivity contribution >= 4 is 28.6 Å².